The molecular formula is C24H38O3. The number of carbonyl (C=O) groups excluding carboxylic acids is 2. The van der Waals surface area contributed by atoms with Gasteiger partial charge in [0.25, 0.3) is 0 Å². The van der Waals surface area contributed by atoms with E-state index in [0.29, 0.717) is 17.8 Å². The normalized spacial score (nSPS) is 48.9. The molecule has 0 aromatic carbocycles. The van der Waals surface area contributed by atoms with E-state index in [4.69, 9.17) is 4.74 Å². The average molecular weight is 375 g/mol. The van der Waals surface area contributed by atoms with Gasteiger partial charge in [-0.25, -0.2) is 0 Å². The molecule has 3 heteroatoms. The van der Waals surface area contributed by atoms with E-state index in [9.17, 15) is 9.59 Å². The first kappa shape index (κ1) is 19.5. The van der Waals surface area contributed by atoms with Crippen molar-refractivity contribution in [1.82, 2.24) is 0 Å². The van der Waals surface area contributed by atoms with Crippen molar-refractivity contribution in [2.45, 2.75) is 104 Å². The Labute approximate surface area is 165 Å². The minimum Gasteiger partial charge on any atom is -0.458 e. The fourth-order valence-electron chi connectivity index (χ4n) is 8.56. The number of carbonyl (C=O) groups is 2. The molecule has 0 saturated heterocycles. The van der Waals surface area contributed by atoms with Crippen molar-refractivity contribution in [3.63, 3.8) is 0 Å². The molecule has 3 nitrogen and oxygen atoms in total. The lowest BCUT2D eigenvalue weighted by atomic mass is 9.44. The number of hydrogen-bond donors (Lipinski definition) is 0. The predicted molar refractivity (Wildman–Crippen MR) is 106 cm³/mol. The Morgan fingerprint density at radius 1 is 0.889 bits per heavy atom. The molecule has 0 spiro atoms. The van der Waals surface area contributed by atoms with Crippen LogP contribution in [0.15, 0.2) is 0 Å². The van der Waals surface area contributed by atoms with Crippen molar-refractivity contribution in [3.05, 3.63) is 0 Å². The van der Waals surface area contributed by atoms with E-state index >= 15 is 0 Å². The van der Waals surface area contributed by atoms with Crippen LogP contribution in [-0.2, 0) is 14.3 Å². The van der Waals surface area contributed by atoms with Gasteiger partial charge in [-0.1, -0.05) is 26.7 Å². The van der Waals surface area contributed by atoms with Gasteiger partial charge in [-0.3, -0.25) is 9.59 Å². The van der Waals surface area contributed by atoms with Gasteiger partial charge in [-0.2, -0.15) is 0 Å². The van der Waals surface area contributed by atoms with Crippen molar-refractivity contribution in [2.75, 3.05) is 0 Å². The highest BCUT2D eigenvalue weighted by molar-refractivity contribution is 5.78. The molecule has 0 radical (unpaired) electrons. The Balaban J connectivity index is 1.66. The molecule has 7 atom stereocenters. The van der Waals surface area contributed by atoms with Crippen LogP contribution >= 0.6 is 0 Å². The van der Waals surface area contributed by atoms with Crippen LogP contribution in [0.1, 0.15) is 98.3 Å². The summed E-state index contributed by atoms with van der Waals surface area (Å²) >= 11 is 0. The van der Waals surface area contributed by atoms with Gasteiger partial charge in [-0.05, 0) is 87.4 Å². The Bertz CT molecular complexity index is 609. The predicted octanol–water partition coefficient (Wildman–Crippen LogP) is 5.70. The minimum absolute atomic E-state index is 0.0383. The van der Waals surface area contributed by atoms with E-state index in [1.165, 1.54) is 51.9 Å². The van der Waals surface area contributed by atoms with Crippen LogP contribution in [0.5, 0.6) is 0 Å². The van der Waals surface area contributed by atoms with Gasteiger partial charge in [0.15, 0.2) is 0 Å². The maximum atomic E-state index is 12.1. The molecule has 4 aliphatic carbocycles. The fraction of sp³-hybridized carbons (Fsp3) is 0.917. The van der Waals surface area contributed by atoms with Crippen LogP contribution < -0.4 is 0 Å². The molecule has 0 aromatic rings. The lowest BCUT2D eigenvalue weighted by Crippen LogP contribution is -2.57. The molecule has 27 heavy (non-hydrogen) atoms. The summed E-state index contributed by atoms with van der Waals surface area (Å²) in [5.41, 5.74) is -0.0796. The molecule has 152 valence electrons. The third-order valence-corrected chi connectivity index (χ3v) is 9.75. The molecule has 0 heterocycles. The Morgan fingerprint density at radius 2 is 1.63 bits per heavy atom. The van der Waals surface area contributed by atoms with E-state index in [1.807, 2.05) is 0 Å². The summed E-state index contributed by atoms with van der Waals surface area (Å²) in [5.74, 6) is 3.06. The van der Waals surface area contributed by atoms with Gasteiger partial charge in [0, 0.05) is 18.8 Å². The summed E-state index contributed by atoms with van der Waals surface area (Å²) in [5, 5.41) is 0. The number of Topliss-reactive ketones (excluding diaryl/α,β-unsaturated/α-hetero) is 1. The highest BCUT2D eigenvalue weighted by Gasteiger charge is 2.66. The zero-order chi connectivity index (χ0) is 19.4. The zero-order valence-corrected chi connectivity index (χ0v) is 17.8. The van der Waals surface area contributed by atoms with Crippen molar-refractivity contribution in [1.29, 1.82) is 0 Å². The van der Waals surface area contributed by atoms with E-state index in [2.05, 4.69) is 13.8 Å². The van der Waals surface area contributed by atoms with Gasteiger partial charge >= 0.3 is 5.97 Å². The average Bonchev–Trinajstić information content (AvgIpc) is 2.85. The van der Waals surface area contributed by atoms with Gasteiger partial charge in [0.05, 0.1) is 0 Å². The molecule has 0 aromatic heterocycles. The van der Waals surface area contributed by atoms with Gasteiger partial charge in [-0.15, -0.1) is 0 Å². The molecule has 0 N–H and O–H groups in total. The first-order valence-electron chi connectivity index (χ1n) is 11.4. The maximum absolute atomic E-state index is 12.1. The van der Waals surface area contributed by atoms with E-state index in [0.717, 1.165) is 37.0 Å². The first-order chi connectivity index (χ1) is 12.7. The highest BCUT2D eigenvalue weighted by Crippen LogP contribution is 2.69. The number of hydrogen-bond acceptors (Lipinski definition) is 3. The smallest absolute Gasteiger partial charge is 0.303 e. The molecule has 0 aliphatic heterocycles. The molecule has 4 saturated carbocycles. The molecule has 0 bridgehead atoms. The summed E-state index contributed by atoms with van der Waals surface area (Å²) in [6.07, 6.45) is 13.2. The van der Waals surface area contributed by atoms with Crippen molar-refractivity contribution >= 4 is 11.8 Å². The van der Waals surface area contributed by atoms with Crippen LogP contribution in [0.3, 0.4) is 0 Å². The monoisotopic (exact) mass is 374 g/mol. The van der Waals surface area contributed by atoms with Gasteiger partial charge in [0.1, 0.15) is 11.4 Å². The Hall–Kier alpha value is -0.860. The van der Waals surface area contributed by atoms with E-state index in [1.54, 1.807) is 6.92 Å². The van der Waals surface area contributed by atoms with Crippen LogP contribution in [0.2, 0.25) is 0 Å². The molecule has 4 fully saturated rings. The van der Waals surface area contributed by atoms with Crippen molar-refractivity contribution < 1.29 is 14.3 Å². The van der Waals surface area contributed by atoms with E-state index in [-0.39, 0.29) is 17.2 Å². The Kier molecular flexibility index (Phi) is 4.75. The topological polar surface area (TPSA) is 43.4 Å². The quantitative estimate of drug-likeness (QED) is 0.595. The summed E-state index contributed by atoms with van der Waals surface area (Å²) in [6.45, 7) is 8.11. The zero-order valence-electron chi connectivity index (χ0n) is 17.8. The molecular weight excluding hydrogens is 336 g/mol. The van der Waals surface area contributed by atoms with Crippen molar-refractivity contribution in [2.24, 2.45) is 34.5 Å². The second-order valence-electron chi connectivity index (χ2n) is 10.9. The number of ketones is 1. The van der Waals surface area contributed by atoms with Gasteiger partial charge in [0.2, 0.25) is 0 Å². The SMILES string of the molecule is CC(=O)CC1(OC(C)=O)CC[C@H]2[C@@H]3CCC4CCCC[C@]4(C)[C@H]3CC[C@@]21C. The minimum atomic E-state index is -0.565. The molecule has 2 unspecified atom stereocenters. The maximum Gasteiger partial charge on any atom is 0.303 e. The lowest BCUT2D eigenvalue weighted by Gasteiger charge is -2.61. The van der Waals surface area contributed by atoms with Gasteiger partial charge < -0.3 is 4.74 Å². The number of ether oxygens (including phenoxy) is 1. The second kappa shape index (κ2) is 6.59. The van der Waals surface area contributed by atoms with Crippen molar-refractivity contribution in [3.8, 4) is 0 Å². The lowest BCUT2D eigenvalue weighted by molar-refractivity contribution is -0.189. The number of fused-ring (bicyclic) bond motifs is 5. The Morgan fingerprint density at radius 3 is 2.33 bits per heavy atom. The highest BCUT2D eigenvalue weighted by atomic mass is 16.6. The fourth-order valence-corrected chi connectivity index (χ4v) is 8.56. The summed E-state index contributed by atoms with van der Waals surface area (Å²) in [4.78, 5) is 24.1. The van der Waals surface area contributed by atoms with Crippen LogP contribution in [-0.4, -0.2) is 17.4 Å². The molecule has 0 amide bonds. The first-order valence-corrected chi connectivity index (χ1v) is 11.4. The van der Waals surface area contributed by atoms with Crippen LogP contribution in [0.4, 0.5) is 0 Å². The molecule has 4 rings (SSSR count). The largest absolute Gasteiger partial charge is 0.458 e. The third kappa shape index (κ3) is 2.82. The summed E-state index contributed by atoms with van der Waals surface area (Å²) in [7, 11) is 0. The number of esters is 1. The standard InChI is InChI=1S/C24H38O3/c1-16(25)15-24(27-17(2)26)14-11-21-19-9-8-18-7-5-6-12-22(18,3)20(19)10-13-23(21,24)4/h18-21H,5-15H2,1-4H3/t18?,19-,20+,21+,22+,23+,24?/m1/s1. The second-order valence-corrected chi connectivity index (χ2v) is 10.9. The van der Waals surface area contributed by atoms with Crippen LogP contribution in [0, 0.1) is 34.5 Å². The number of rotatable bonds is 3. The summed E-state index contributed by atoms with van der Waals surface area (Å²) in [6, 6.07) is 0. The summed E-state index contributed by atoms with van der Waals surface area (Å²) < 4.78 is 6.03. The van der Waals surface area contributed by atoms with E-state index < -0.39 is 5.60 Å². The molecule has 4 aliphatic rings. The van der Waals surface area contributed by atoms with Crippen LogP contribution in [0.25, 0.3) is 0 Å². The third-order valence-electron chi connectivity index (χ3n) is 9.75.